The molecular weight excluding hydrogens is 326 g/mol. The fraction of sp³-hybridized carbons (Fsp3) is 0.833. The van der Waals surface area contributed by atoms with E-state index in [0.717, 1.165) is 19.3 Å². The Morgan fingerprint density at radius 3 is 1.79 bits per heavy atom. The molecule has 0 unspecified atom stereocenters. The number of rotatable bonds is 15. The van der Waals surface area contributed by atoms with E-state index in [1.165, 1.54) is 49.8 Å². The molecule has 0 fully saturated rings. The van der Waals surface area contributed by atoms with Crippen LogP contribution in [0.15, 0.2) is 12.2 Å². The number of hydrogen-bond acceptors (Lipinski definition) is 3. The summed E-state index contributed by atoms with van der Waals surface area (Å²) in [6.45, 7) is 7.98. The molecule has 0 aliphatic rings. The Balaban J connectivity index is 3.90. The van der Waals surface area contributed by atoms with Gasteiger partial charge in [-0.25, -0.2) is 0 Å². The molecule has 0 radical (unpaired) electrons. The largest absolute Gasteiger partial charge is 0.338 e. The van der Waals surface area contributed by atoms with Crippen molar-refractivity contribution < 1.29 is 17.8 Å². The van der Waals surface area contributed by atoms with Crippen LogP contribution in [0.2, 0.25) is 0 Å². The third-order valence-electron chi connectivity index (χ3n) is 4.05. The Morgan fingerprint density at radius 1 is 0.917 bits per heavy atom. The van der Waals surface area contributed by atoms with Crippen LogP contribution in [-0.2, 0) is 14.9 Å². The van der Waals surface area contributed by atoms with Crippen molar-refractivity contribution in [2.24, 2.45) is 0 Å². The van der Waals surface area contributed by atoms with Crippen LogP contribution < -0.4 is 0 Å². The molecule has 0 rings (SSSR count). The van der Waals surface area contributed by atoms with Crippen molar-refractivity contribution >= 4 is 16.0 Å². The van der Waals surface area contributed by atoms with Gasteiger partial charge in [0.1, 0.15) is 0 Å². The summed E-state index contributed by atoms with van der Waals surface area (Å²) >= 11 is 0. The Morgan fingerprint density at radius 2 is 1.38 bits per heavy atom. The number of carbonyl (C=O) groups is 1. The molecule has 1 amide bonds. The minimum atomic E-state index is -4.05. The molecule has 0 aromatic rings. The molecule has 0 aromatic carbocycles. The van der Waals surface area contributed by atoms with Crippen LogP contribution >= 0.6 is 0 Å². The highest BCUT2D eigenvalue weighted by molar-refractivity contribution is 7.85. The van der Waals surface area contributed by atoms with E-state index in [4.69, 9.17) is 4.55 Å². The molecule has 0 bridgehead atoms. The maximum Gasteiger partial charge on any atom is 0.266 e. The van der Waals surface area contributed by atoms with Crippen LogP contribution in [0.5, 0.6) is 0 Å². The molecule has 0 aliphatic carbocycles. The Kier molecular flexibility index (Phi) is 12.9. The van der Waals surface area contributed by atoms with Gasteiger partial charge in [-0.05, 0) is 13.3 Å². The lowest BCUT2D eigenvalue weighted by Gasteiger charge is -2.22. The molecule has 0 saturated carbocycles. The van der Waals surface area contributed by atoms with Crippen molar-refractivity contribution in [3.63, 3.8) is 0 Å². The van der Waals surface area contributed by atoms with E-state index in [2.05, 4.69) is 13.5 Å². The second kappa shape index (κ2) is 13.4. The molecule has 6 heteroatoms. The Labute approximate surface area is 148 Å². The van der Waals surface area contributed by atoms with Crippen molar-refractivity contribution in [1.29, 1.82) is 0 Å². The normalized spacial score (nSPS) is 11.5. The van der Waals surface area contributed by atoms with E-state index >= 15 is 0 Å². The van der Waals surface area contributed by atoms with Crippen LogP contribution in [-0.4, -0.2) is 42.6 Å². The predicted molar refractivity (Wildman–Crippen MR) is 99.7 cm³/mol. The number of nitrogens with zero attached hydrogens (tertiary/aromatic N) is 1. The first-order chi connectivity index (χ1) is 11.3. The Hall–Kier alpha value is -0.880. The van der Waals surface area contributed by atoms with Gasteiger partial charge in [0.05, 0.1) is 5.75 Å². The van der Waals surface area contributed by atoms with Gasteiger partial charge in [-0.3, -0.25) is 9.35 Å². The summed E-state index contributed by atoms with van der Waals surface area (Å²) in [5.41, 5.74) is 0.386. The van der Waals surface area contributed by atoms with Gasteiger partial charge in [-0.1, -0.05) is 71.3 Å². The highest BCUT2D eigenvalue weighted by Gasteiger charge is 2.16. The van der Waals surface area contributed by atoms with Gasteiger partial charge in [-0.2, -0.15) is 8.42 Å². The zero-order valence-electron chi connectivity index (χ0n) is 15.4. The van der Waals surface area contributed by atoms with E-state index < -0.39 is 15.9 Å². The maximum atomic E-state index is 12.0. The lowest BCUT2D eigenvalue weighted by Crippen LogP contribution is -2.36. The summed E-state index contributed by atoms with van der Waals surface area (Å²) < 4.78 is 30.6. The summed E-state index contributed by atoms with van der Waals surface area (Å²) in [7, 11) is -4.05. The van der Waals surface area contributed by atoms with Gasteiger partial charge in [-0.15, -0.1) is 0 Å². The molecule has 142 valence electrons. The van der Waals surface area contributed by atoms with E-state index in [1.54, 1.807) is 6.92 Å². The van der Waals surface area contributed by atoms with E-state index in [1.807, 2.05) is 0 Å². The number of amides is 1. The highest BCUT2D eigenvalue weighted by atomic mass is 32.2. The predicted octanol–water partition coefficient (Wildman–Crippen LogP) is 4.20. The van der Waals surface area contributed by atoms with Crippen molar-refractivity contribution in [2.75, 3.05) is 18.8 Å². The van der Waals surface area contributed by atoms with Gasteiger partial charge in [0, 0.05) is 18.7 Å². The number of unbranched alkanes of at least 4 members (excludes halogenated alkanes) is 9. The summed E-state index contributed by atoms with van der Waals surface area (Å²) in [6.07, 6.45) is 12.1. The first-order valence-corrected chi connectivity index (χ1v) is 10.8. The average Bonchev–Trinajstić information content (AvgIpc) is 2.50. The molecule has 24 heavy (non-hydrogen) atoms. The summed E-state index contributed by atoms with van der Waals surface area (Å²) in [4.78, 5) is 13.5. The lowest BCUT2D eigenvalue weighted by atomic mass is 10.1. The molecule has 0 saturated heterocycles. The molecule has 0 aliphatic heterocycles. The van der Waals surface area contributed by atoms with Gasteiger partial charge >= 0.3 is 0 Å². The smallest absolute Gasteiger partial charge is 0.266 e. The van der Waals surface area contributed by atoms with Gasteiger partial charge in [0.2, 0.25) is 5.91 Å². The molecule has 5 nitrogen and oxygen atoms in total. The average molecular weight is 362 g/mol. The highest BCUT2D eigenvalue weighted by Crippen LogP contribution is 2.11. The molecular formula is C18H35NO4S. The topological polar surface area (TPSA) is 74.7 Å². The van der Waals surface area contributed by atoms with Crippen molar-refractivity contribution in [1.82, 2.24) is 4.90 Å². The molecule has 0 atom stereocenters. The molecule has 0 spiro atoms. The zero-order valence-corrected chi connectivity index (χ0v) is 16.2. The van der Waals surface area contributed by atoms with E-state index in [0.29, 0.717) is 12.1 Å². The van der Waals surface area contributed by atoms with Gasteiger partial charge in [0.25, 0.3) is 10.1 Å². The maximum absolute atomic E-state index is 12.0. The van der Waals surface area contributed by atoms with Crippen molar-refractivity contribution in [2.45, 2.75) is 78.1 Å². The monoisotopic (exact) mass is 361 g/mol. The number of carbonyl (C=O) groups excluding carboxylic acids is 1. The van der Waals surface area contributed by atoms with E-state index in [-0.39, 0.29) is 12.5 Å². The van der Waals surface area contributed by atoms with Crippen LogP contribution in [0, 0.1) is 0 Å². The van der Waals surface area contributed by atoms with Crippen molar-refractivity contribution in [3.05, 3.63) is 12.2 Å². The first kappa shape index (κ1) is 23.1. The fourth-order valence-electron chi connectivity index (χ4n) is 2.60. The number of hydrogen-bond donors (Lipinski definition) is 1. The van der Waals surface area contributed by atoms with Gasteiger partial charge < -0.3 is 4.90 Å². The standard InChI is InChI=1S/C18H35NO4S/c1-4-5-6-7-8-9-10-11-12-13-14-19(18(20)17(2)3)15-16-24(21,22)23/h2,4-16H2,1,3H3,(H,21,22,23). The fourth-order valence-corrected chi connectivity index (χ4v) is 3.05. The van der Waals surface area contributed by atoms with E-state index in [9.17, 15) is 13.2 Å². The summed E-state index contributed by atoms with van der Waals surface area (Å²) in [6, 6.07) is 0. The van der Waals surface area contributed by atoms with Crippen LogP contribution in [0.25, 0.3) is 0 Å². The third kappa shape index (κ3) is 13.5. The summed E-state index contributed by atoms with van der Waals surface area (Å²) in [5, 5.41) is 0. The second-order valence-corrected chi connectivity index (χ2v) is 8.11. The molecule has 0 heterocycles. The van der Waals surface area contributed by atoms with Crippen LogP contribution in [0.3, 0.4) is 0 Å². The lowest BCUT2D eigenvalue weighted by molar-refractivity contribution is -0.126. The van der Waals surface area contributed by atoms with Crippen LogP contribution in [0.4, 0.5) is 0 Å². The zero-order chi connectivity index (χ0) is 18.4. The Bertz CT molecular complexity index is 460. The van der Waals surface area contributed by atoms with Gasteiger partial charge in [0.15, 0.2) is 0 Å². The summed E-state index contributed by atoms with van der Waals surface area (Å²) in [5.74, 6) is -0.668. The third-order valence-corrected chi connectivity index (χ3v) is 4.75. The first-order valence-electron chi connectivity index (χ1n) is 9.18. The molecule has 1 N–H and O–H groups in total. The SMILES string of the molecule is C=C(C)C(=O)N(CCCCCCCCCCCC)CCS(=O)(=O)O. The molecule has 0 aromatic heterocycles. The second-order valence-electron chi connectivity index (χ2n) is 6.54. The van der Waals surface area contributed by atoms with Crippen molar-refractivity contribution in [3.8, 4) is 0 Å². The minimum Gasteiger partial charge on any atom is -0.338 e. The minimum absolute atomic E-state index is 0.0158. The quantitative estimate of drug-likeness (QED) is 0.269. The van der Waals surface area contributed by atoms with Crippen LogP contribution in [0.1, 0.15) is 78.1 Å².